The van der Waals surface area contributed by atoms with E-state index in [0.717, 1.165) is 28.8 Å². The van der Waals surface area contributed by atoms with Crippen molar-refractivity contribution in [3.8, 4) is 0 Å². The maximum absolute atomic E-state index is 14.0. The van der Waals surface area contributed by atoms with E-state index in [1.165, 1.54) is 19.1 Å². The van der Waals surface area contributed by atoms with Gasteiger partial charge in [0.15, 0.2) is 0 Å². The van der Waals surface area contributed by atoms with Gasteiger partial charge < -0.3 is 10.1 Å². The third-order valence-electron chi connectivity index (χ3n) is 7.30. The average molecular weight is 607 g/mol. The summed E-state index contributed by atoms with van der Waals surface area (Å²) in [5.41, 5.74) is -2.50. The molecular formula is C31H25F3N4O6. The number of hydrogen-bond donors (Lipinski definition) is 2. The van der Waals surface area contributed by atoms with Crippen LogP contribution in [0.4, 0.5) is 13.2 Å². The standard InChI is InChI=1S/C31H25F3N4O6/c1-18-36-24-12-7-20(16-35-26(40)21-8-10-22(11-9-21)31(32,33)34)15-23(24)27(41)38(18)30(14-13-25(39)37-28(30)42)29(43)44-17-19-5-3-2-4-6-19/h2-12,15H,13-14,16-17H2,1H3,(H,35,40)(H,37,39,42). The second-order valence-corrected chi connectivity index (χ2v) is 10.2. The first-order valence-electron chi connectivity index (χ1n) is 13.4. The van der Waals surface area contributed by atoms with Crippen LogP contribution >= 0.6 is 0 Å². The van der Waals surface area contributed by atoms with Crippen molar-refractivity contribution in [2.45, 2.75) is 44.6 Å². The zero-order valence-corrected chi connectivity index (χ0v) is 23.2. The average Bonchev–Trinajstić information content (AvgIpc) is 3.00. The van der Waals surface area contributed by atoms with Crippen LogP contribution in [0.1, 0.15) is 45.7 Å². The van der Waals surface area contributed by atoms with Gasteiger partial charge in [-0.2, -0.15) is 13.2 Å². The fourth-order valence-corrected chi connectivity index (χ4v) is 5.04. The van der Waals surface area contributed by atoms with Gasteiger partial charge in [0.2, 0.25) is 11.4 Å². The minimum atomic E-state index is -4.54. The van der Waals surface area contributed by atoms with E-state index in [2.05, 4.69) is 15.6 Å². The number of aromatic nitrogens is 2. The molecule has 1 aliphatic heterocycles. The molecular weight excluding hydrogens is 581 g/mol. The Morgan fingerprint density at radius 3 is 2.36 bits per heavy atom. The molecule has 226 valence electrons. The minimum Gasteiger partial charge on any atom is -0.459 e. The summed E-state index contributed by atoms with van der Waals surface area (Å²) >= 11 is 0. The van der Waals surface area contributed by atoms with Crippen molar-refractivity contribution in [1.82, 2.24) is 20.2 Å². The summed E-state index contributed by atoms with van der Waals surface area (Å²) in [6, 6.07) is 17.0. The van der Waals surface area contributed by atoms with Gasteiger partial charge in [-0.25, -0.2) is 9.78 Å². The highest BCUT2D eigenvalue weighted by atomic mass is 19.4. The van der Waals surface area contributed by atoms with Crippen LogP contribution in [-0.4, -0.2) is 33.2 Å². The first-order valence-corrected chi connectivity index (χ1v) is 13.4. The minimum absolute atomic E-state index is 0.00671. The molecule has 1 unspecified atom stereocenters. The van der Waals surface area contributed by atoms with Crippen LogP contribution in [0.5, 0.6) is 0 Å². The van der Waals surface area contributed by atoms with Crippen molar-refractivity contribution in [2.24, 2.45) is 0 Å². The molecule has 44 heavy (non-hydrogen) atoms. The fourth-order valence-electron chi connectivity index (χ4n) is 5.04. The van der Waals surface area contributed by atoms with Crippen molar-refractivity contribution in [3.63, 3.8) is 0 Å². The monoisotopic (exact) mass is 606 g/mol. The van der Waals surface area contributed by atoms with Crippen LogP contribution < -0.4 is 16.2 Å². The number of rotatable bonds is 7. The molecule has 1 aromatic heterocycles. The highest BCUT2D eigenvalue weighted by molar-refractivity contribution is 6.13. The highest BCUT2D eigenvalue weighted by Gasteiger charge is 2.54. The van der Waals surface area contributed by atoms with Gasteiger partial charge in [-0.15, -0.1) is 0 Å². The predicted octanol–water partition coefficient (Wildman–Crippen LogP) is 3.53. The van der Waals surface area contributed by atoms with E-state index in [9.17, 15) is 37.1 Å². The molecule has 10 nitrogen and oxygen atoms in total. The molecule has 2 N–H and O–H groups in total. The zero-order chi connectivity index (χ0) is 31.6. The van der Waals surface area contributed by atoms with Crippen LogP contribution in [0.2, 0.25) is 0 Å². The van der Waals surface area contributed by atoms with E-state index in [-0.39, 0.29) is 48.3 Å². The van der Waals surface area contributed by atoms with Crippen LogP contribution in [0.3, 0.4) is 0 Å². The number of aryl methyl sites for hydroxylation is 1. The number of nitrogens with zero attached hydrogens (tertiary/aromatic N) is 2. The molecule has 0 bridgehead atoms. The summed E-state index contributed by atoms with van der Waals surface area (Å²) in [7, 11) is 0. The normalized spacial score (nSPS) is 16.8. The number of carbonyl (C=O) groups excluding carboxylic acids is 4. The number of hydrogen-bond acceptors (Lipinski definition) is 7. The number of benzene rings is 3. The van der Waals surface area contributed by atoms with E-state index < -0.39 is 46.5 Å². The Bertz CT molecular complexity index is 1840. The summed E-state index contributed by atoms with van der Waals surface area (Å²) < 4.78 is 45.0. The van der Waals surface area contributed by atoms with Crippen LogP contribution in [-0.2, 0) is 44.0 Å². The molecule has 13 heteroatoms. The molecule has 1 saturated heterocycles. The number of imide groups is 1. The Balaban J connectivity index is 1.46. The number of halogens is 3. The summed E-state index contributed by atoms with van der Waals surface area (Å²) in [5, 5.41) is 4.76. The third kappa shape index (κ3) is 5.80. The van der Waals surface area contributed by atoms with Crippen molar-refractivity contribution in [2.75, 3.05) is 0 Å². The first-order chi connectivity index (χ1) is 20.9. The Hall–Kier alpha value is -5.33. The number of alkyl halides is 3. The van der Waals surface area contributed by atoms with Gasteiger partial charge in [0, 0.05) is 18.5 Å². The van der Waals surface area contributed by atoms with Gasteiger partial charge in [-0.1, -0.05) is 36.4 Å². The lowest BCUT2D eigenvalue weighted by Crippen LogP contribution is -2.62. The molecule has 1 fully saturated rings. The molecule has 1 atom stereocenters. The van der Waals surface area contributed by atoms with E-state index in [1.54, 1.807) is 36.4 Å². The van der Waals surface area contributed by atoms with E-state index in [1.807, 2.05) is 0 Å². The van der Waals surface area contributed by atoms with Gasteiger partial charge in [0.05, 0.1) is 16.5 Å². The predicted molar refractivity (Wildman–Crippen MR) is 150 cm³/mol. The summed E-state index contributed by atoms with van der Waals surface area (Å²) in [6.07, 6.45) is -5.10. The lowest BCUT2D eigenvalue weighted by atomic mass is 9.87. The number of piperidine rings is 1. The van der Waals surface area contributed by atoms with Crippen molar-refractivity contribution in [3.05, 3.63) is 111 Å². The number of esters is 1. The van der Waals surface area contributed by atoms with Gasteiger partial charge >= 0.3 is 12.1 Å². The number of nitrogens with one attached hydrogen (secondary N) is 2. The number of fused-ring (bicyclic) bond motifs is 1. The summed E-state index contributed by atoms with van der Waals surface area (Å²) in [4.78, 5) is 70.0. The Kier molecular flexibility index (Phi) is 8.05. The van der Waals surface area contributed by atoms with Gasteiger partial charge in [0.25, 0.3) is 17.4 Å². The van der Waals surface area contributed by atoms with Gasteiger partial charge in [0.1, 0.15) is 12.4 Å². The van der Waals surface area contributed by atoms with E-state index >= 15 is 0 Å². The number of ether oxygens (including phenoxy) is 1. The Morgan fingerprint density at radius 2 is 1.70 bits per heavy atom. The number of amides is 3. The molecule has 3 aromatic carbocycles. The molecule has 0 spiro atoms. The second-order valence-electron chi connectivity index (χ2n) is 10.2. The molecule has 0 aliphatic carbocycles. The summed E-state index contributed by atoms with van der Waals surface area (Å²) in [6.45, 7) is 1.18. The largest absolute Gasteiger partial charge is 0.459 e. The fraction of sp³-hybridized carbons (Fsp3) is 0.226. The SMILES string of the molecule is Cc1nc2ccc(CNC(=O)c3ccc(C(F)(F)F)cc3)cc2c(=O)n1C1(C(=O)OCc2ccccc2)CCC(=O)NC1=O. The molecule has 4 aromatic rings. The summed E-state index contributed by atoms with van der Waals surface area (Å²) in [5.74, 6) is -3.25. The maximum Gasteiger partial charge on any atom is 0.416 e. The highest BCUT2D eigenvalue weighted by Crippen LogP contribution is 2.31. The molecule has 5 rings (SSSR count). The maximum atomic E-state index is 14.0. The molecule has 0 radical (unpaired) electrons. The smallest absolute Gasteiger partial charge is 0.416 e. The number of carbonyl (C=O) groups is 4. The van der Waals surface area contributed by atoms with Crippen LogP contribution in [0.25, 0.3) is 10.9 Å². The molecule has 2 heterocycles. The second kappa shape index (κ2) is 11.7. The molecule has 1 aliphatic rings. The third-order valence-corrected chi connectivity index (χ3v) is 7.30. The zero-order valence-electron chi connectivity index (χ0n) is 23.2. The van der Waals surface area contributed by atoms with E-state index in [4.69, 9.17) is 4.74 Å². The van der Waals surface area contributed by atoms with Crippen molar-refractivity contribution >= 4 is 34.6 Å². The first kappa shape index (κ1) is 30.1. The van der Waals surface area contributed by atoms with Crippen molar-refractivity contribution in [1.29, 1.82) is 0 Å². The van der Waals surface area contributed by atoms with Gasteiger partial charge in [-0.05, 0) is 60.9 Å². The van der Waals surface area contributed by atoms with Crippen molar-refractivity contribution < 1.29 is 37.1 Å². The lowest BCUT2D eigenvalue weighted by molar-refractivity contribution is -0.164. The Morgan fingerprint density at radius 1 is 1.00 bits per heavy atom. The molecule has 3 amide bonds. The quantitative estimate of drug-likeness (QED) is 0.187. The van der Waals surface area contributed by atoms with Crippen LogP contribution in [0, 0.1) is 6.92 Å². The van der Waals surface area contributed by atoms with Gasteiger partial charge in [-0.3, -0.25) is 29.1 Å². The Labute approximate surface area is 247 Å². The topological polar surface area (TPSA) is 136 Å². The van der Waals surface area contributed by atoms with Crippen LogP contribution in [0.15, 0.2) is 77.6 Å². The van der Waals surface area contributed by atoms with E-state index in [0.29, 0.717) is 11.1 Å². The molecule has 0 saturated carbocycles. The lowest BCUT2D eigenvalue weighted by Gasteiger charge is -2.35.